The van der Waals surface area contributed by atoms with E-state index in [1.165, 1.54) is 30.4 Å². The van der Waals surface area contributed by atoms with Gasteiger partial charge in [-0.15, -0.1) is 0 Å². The van der Waals surface area contributed by atoms with Crippen LogP contribution in [0.25, 0.3) is 5.57 Å². The van der Waals surface area contributed by atoms with Gasteiger partial charge in [-0.05, 0) is 70.8 Å². The highest BCUT2D eigenvalue weighted by Gasteiger charge is 2.31. The van der Waals surface area contributed by atoms with Crippen molar-refractivity contribution in [1.29, 1.82) is 0 Å². The number of methoxy groups -OCH3 is 1. The third-order valence-electron chi connectivity index (χ3n) is 4.29. The molecule has 1 fully saturated rings. The summed E-state index contributed by atoms with van der Waals surface area (Å²) in [5.74, 6) is 2.27. The van der Waals surface area contributed by atoms with Gasteiger partial charge in [0.15, 0.2) is 5.75 Å². The molecule has 0 spiro atoms. The minimum absolute atomic E-state index is 0.634. The Labute approximate surface area is 122 Å². The number of nitrogens with zero attached hydrogens (tertiary/aromatic N) is 1. The summed E-state index contributed by atoms with van der Waals surface area (Å²) in [4.78, 5) is 4.39. The van der Waals surface area contributed by atoms with Crippen molar-refractivity contribution in [2.45, 2.75) is 19.3 Å². The molecule has 4 heteroatoms. The van der Waals surface area contributed by atoms with Gasteiger partial charge in [-0.25, -0.2) is 4.98 Å². The van der Waals surface area contributed by atoms with E-state index >= 15 is 0 Å². The van der Waals surface area contributed by atoms with Crippen molar-refractivity contribution < 1.29 is 4.74 Å². The lowest BCUT2D eigenvalue weighted by Crippen LogP contribution is -2.38. The van der Waals surface area contributed by atoms with Crippen molar-refractivity contribution >= 4 is 21.5 Å². The molecule has 102 valence electrons. The van der Waals surface area contributed by atoms with Crippen molar-refractivity contribution in [3.05, 3.63) is 28.5 Å². The highest BCUT2D eigenvalue weighted by molar-refractivity contribution is 9.10. The summed E-state index contributed by atoms with van der Waals surface area (Å²) in [6, 6.07) is 2.10. The average molecular weight is 323 g/mol. The Balaban J connectivity index is 1.94. The predicted octanol–water partition coefficient (Wildman–Crippen LogP) is 3.26. The highest BCUT2D eigenvalue weighted by Crippen LogP contribution is 2.40. The molecule has 1 aliphatic heterocycles. The van der Waals surface area contributed by atoms with Gasteiger partial charge in [0.25, 0.3) is 0 Å². The fraction of sp³-hybridized carbons (Fsp3) is 0.533. The SMILES string of the molecule is COc1cc(C2=CCC[C@@H]3CCNC[C@H]23)cnc1Br. The monoisotopic (exact) mass is 322 g/mol. The smallest absolute Gasteiger partial charge is 0.152 e. The van der Waals surface area contributed by atoms with E-state index in [9.17, 15) is 0 Å². The molecule has 1 saturated heterocycles. The summed E-state index contributed by atoms with van der Waals surface area (Å²) in [6.07, 6.45) is 8.16. The molecule has 19 heavy (non-hydrogen) atoms. The van der Waals surface area contributed by atoms with Gasteiger partial charge in [0.05, 0.1) is 7.11 Å². The summed E-state index contributed by atoms with van der Waals surface area (Å²) >= 11 is 3.42. The van der Waals surface area contributed by atoms with Crippen LogP contribution < -0.4 is 10.1 Å². The lowest BCUT2D eigenvalue weighted by atomic mass is 9.73. The van der Waals surface area contributed by atoms with Crippen LogP contribution in [0.5, 0.6) is 5.75 Å². The maximum absolute atomic E-state index is 5.36. The molecule has 2 aliphatic rings. The molecule has 1 aromatic rings. The largest absolute Gasteiger partial charge is 0.494 e. The Morgan fingerprint density at radius 2 is 2.32 bits per heavy atom. The number of fused-ring (bicyclic) bond motifs is 1. The molecular formula is C15H19BrN2O. The quantitative estimate of drug-likeness (QED) is 0.849. The van der Waals surface area contributed by atoms with Crippen LogP contribution >= 0.6 is 15.9 Å². The lowest BCUT2D eigenvalue weighted by Gasteiger charge is -2.37. The molecule has 0 amide bonds. The first-order valence-corrected chi connectivity index (χ1v) is 7.69. The number of rotatable bonds is 2. The second kappa shape index (κ2) is 5.63. The molecule has 1 N–H and O–H groups in total. The number of halogens is 1. The molecule has 3 rings (SSSR count). The fourth-order valence-corrected chi connectivity index (χ4v) is 3.67. The number of nitrogens with one attached hydrogen (secondary N) is 1. The van der Waals surface area contributed by atoms with E-state index in [2.05, 4.69) is 38.4 Å². The van der Waals surface area contributed by atoms with E-state index < -0.39 is 0 Å². The zero-order valence-corrected chi connectivity index (χ0v) is 12.7. The summed E-state index contributed by atoms with van der Waals surface area (Å²) < 4.78 is 6.13. The molecule has 1 aliphatic carbocycles. The molecule has 2 heterocycles. The first-order chi connectivity index (χ1) is 9.29. The summed E-state index contributed by atoms with van der Waals surface area (Å²) in [5.41, 5.74) is 2.65. The number of hydrogen-bond acceptors (Lipinski definition) is 3. The van der Waals surface area contributed by atoms with Gasteiger partial charge in [-0.3, -0.25) is 0 Å². The highest BCUT2D eigenvalue weighted by atomic mass is 79.9. The second-order valence-corrected chi connectivity index (χ2v) is 6.06. The van der Waals surface area contributed by atoms with Crippen LogP contribution in [-0.4, -0.2) is 25.2 Å². The first kappa shape index (κ1) is 13.1. The number of piperidine rings is 1. The summed E-state index contributed by atoms with van der Waals surface area (Å²) in [5, 5.41) is 3.52. The Morgan fingerprint density at radius 3 is 3.16 bits per heavy atom. The molecule has 3 nitrogen and oxygen atoms in total. The van der Waals surface area contributed by atoms with E-state index in [4.69, 9.17) is 4.74 Å². The third-order valence-corrected chi connectivity index (χ3v) is 4.88. The number of pyridine rings is 1. The Bertz CT molecular complexity index is 501. The zero-order chi connectivity index (χ0) is 13.2. The van der Waals surface area contributed by atoms with Crippen LogP contribution in [0.4, 0.5) is 0 Å². The number of aromatic nitrogens is 1. The first-order valence-electron chi connectivity index (χ1n) is 6.90. The van der Waals surface area contributed by atoms with Gasteiger partial charge in [-0.1, -0.05) is 6.08 Å². The van der Waals surface area contributed by atoms with Crippen molar-refractivity contribution in [2.75, 3.05) is 20.2 Å². The topological polar surface area (TPSA) is 34.1 Å². The van der Waals surface area contributed by atoms with Gasteiger partial charge in [-0.2, -0.15) is 0 Å². The van der Waals surface area contributed by atoms with Crippen LogP contribution in [0.1, 0.15) is 24.8 Å². The van der Waals surface area contributed by atoms with E-state index in [0.717, 1.165) is 29.4 Å². The Hall–Kier alpha value is -0.870. The van der Waals surface area contributed by atoms with Crippen molar-refractivity contribution in [2.24, 2.45) is 11.8 Å². The van der Waals surface area contributed by atoms with E-state index in [1.54, 1.807) is 7.11 Å². The fourth-order valence-electron chi connectivity index (χ4n) is 3.29. The normalized spacial score (nSPS) is 26.5. The third kappa shape index (κ3) is 2.56. The average Bonchev–Trinajstić information content (AvgIpc) is 2.47. The molecule has 1 aromatic heterocycles. The standard InChI is InChI=1S/C15H19BrN2O/c1-19-14-7-11(8-18-15(14)16)12-4-2-3-10-5-6-17-9-13(10)12/h4,7-8,10,13,17H,2-3,5-6,9H2,1H3/t10-,13+/m1/s1. The molecule has 0 aromatic carbocycles. The minimum Gasteiger partial charge on any atom is -0.494 e. The molecule has 0 unspecified atom stereocenters. The molecular weight excluding hydrogens is 304 g/mol. The molecule has 2 atom stereocenters. The lowest BCUT2D eigenvalue weighted by molar-refractivity contribution is 0.285. The number of ether oxygens (including phenoxy) is 1. The summed E-state index contributed by atoms with van der Waals surface area (Å²) in [6.45, 7) is 2.26. The maximum atomic E-state index is 5.36. The van der Waals surface area contributed by atoms with Gasteiger partial charge in [0.2, 0.25) is 0 Å². The second-order valence-electron chi connectivity index (χ2n) is 5.31. The van der Waals surface area contributed by atoms with E-state index in [-0.39, 0.29) is 0 Å². The Kier molecular flexibility index (Phi) is 3.89. The number of allylic oxidation sites excluding steroid dienone is 1. The van der Waals surface area contributed by atoms with Crippen LogP contribution in [0.15, 0.2) is 22.9 Å². The Morgan fingerprint density at radius 1 is 1.42 bits per heavy atom. The van der Waals surface area contributed by atoms with Gasteiger partial charge < -0.3 is 10.1 Å². The molecule has 0 saturated carbocycles. The van der Waals surface area contributed by atoms with Crippen LogP contribution in [0, 0.1) is 11.8 Å². The van der Waals surface area contributed by atoms with Crippen molar-refractivity contribution in [1.82, 2.24) is 10.3 Å². The predicted molar refractivity (Wildman–Crippen MR) is 80.2 cm³/mol. The minimum atomic E-state index is 0.634. The van der Waals surface area contributed by atoms with E-state index in [1.807, 2.05) is 6.20 Å². The van der Waals surface area contributed by atoms with Crippen molar-refractivity contribution in [3.63, 3.8) is 0 Å². The van der Waals surface area contributed by atoms with Crippen LogP contribution in [0.2, 0.25) is 0 Å². The van der Waals surface area contributed by atoms with Crippen LogP contribution in [0.3, 0.4) is 0 Å². The van der Waals surface area contributed by atoms with E-state index in [0.29, 0.717) is 5.92 Å². The van der Waals surface area contributed by atoms with Crippen LogP contribution in [-0.2, 0) is 0 Å². The van der Waals surface area contributed by atoms with Gasteiger partial charge in [0, 0.05) is 12.7 Å². The van der Waals surface area contributed by atoms with Gasteiger partial charge >= 0.3 is 0 Å². The summed E-state index contributed by atoms with van der Waals surface area (Å²) in [7, 11) is 1.69. The number of hydrogen-bond donors (Lipinski definition) is 1. The van der Waals surface area contributed by atoms with Gasteiger partial charge in [0.1, 0.15) is 4.60 Å². The van der Waals surface area contributed by atoms with Crippen molar-refractivity contribution in [3.8, 4) is 5.75 Å². The molecule has 0 bridgehead atoms. The molecule has 0 radical (unpaired) electrons. The maximum Gasteiger partial charge on any atom is 0.152 e. The zero-order valence-electron chi connectivity index (χ0n) is 11.2.